The Balaban J connectivity index is 2.31. The van der Waals surface area contributed by atoms with Crippen molar-refractivity contribution >= 4 is 23.4 Å². The Morgan fingerprint density at radius 3 is 2.25 bits per heavy atom. The maximum Gasteiger partial charge on any atom is 0.328 e. The van der Waals surface area contributed by atoms with Crippen LogP contribution >= 0.6 is 11.6 Å². The van der Waals surface area contributed by atoms with Crippen molar-refractivity contribution < 1.29 is 14.7 Å². The molecule has 0 aromatic heterocycles. The first-order valence-electron chi connectivity index (χ1n) is 5.88. The maximum atomic E-state index is 11.8. The van der Waals surface area contributed by atoms with E-state index in [1.807, 2.05) is 30.3 Å². The highest BCUT2D eigenvalue weighted by Gasteiger charge is 2.09. The Kier molecular flexibility index (Phi) is 4.33. The lowest BCUT2D eigenvalue weighted by Gasteiger charge is -2.05. The SMILES string of the molecule is O=C(O)C=CC(=O)c1ccc(-c2ccccc2)cc1Cl. The fraction of sp³-hybridized carbons (Fsp3) is 0. The van der Waals surface area contributed by atoms with Gasteiger partial charge in [-0.2, -0.15) is 0 Å². The van der Waals surface area contributed by atoms with Crippen LogP contribution in [0, 0.1) is 0 Å². The van der Waals surface area contributed by atoms with Crippen LogP contribution in [0.2, 0.25) is 5.02 Å². The number of halogens is 1. The van der Waals surface area contributed by atoms with E-state index in [-0.39, 0.29) is 5.56 Å². The largest absolute Gasteiger partial charge is 0.478 e. The molecule has 2 rings (SSSR count). The molecule has 0 saturated carbocycles. The van der Waals surface area contributed by atoms with Crippen LogP contribution in [0.5, 0.6) is 0 Å². The lowest BCUT2D eigenvalue weighted by molar-refractivity contribution is -0.131. The fourth-order valence-corrected chi connectivity index (χ4v) is 2.04. The molecule has 4 heteroatoms. The summed E-state index contributed by atoms with van der Waals surface area (Å²) < 4.78 is 0. The van der Waals surface area contributed by atoms with Gasteiger partial charge in [0, 0.05) is 11.6 Å². The van der Waals surface area contributed by atoms with Crippen LogP contribution < -0.4 is 0 Å². The van der Waals surface area contributed by atoms with Crippen molar-refractivity contribution in [3.8, 4) is 11.1 Å². The first kappa shape index (κ1) is 14.0. The minimum absolute atomic E-state index is 0.281. The van der Waals surface area contributed by atoms with Crippen LogP contribution in [0.3, 0.4) is 0 Å². The molecular weight excluding hydrogens is 276 g/mol. The van der Waals surface area contributed by atoms with E-state index in [2.05, 4.69) is 0 Å². The van der Waals surface area contributed by atoms with E-state index >= 15 is 0 Å². The van der Waals surface area contributed by atoms with E-state index in [0.717, 1.165) is 23.3 Å². The third-order valence-electron chi connectivity index (χ3n) is 2.72. The van der Waals surface area contributed by atoms with Gasteiger partial charge in [0.25, 0.3) is 0 Å². The molecule has 0 atom stereocenters. The number of aliphatic carboxylic acids is 1. The molecule has 100 valence electrons. The number of allylic oxidation sites excluding steroid dienone is 1. The Labute approximate surface area is 121 Å². The molecule has 3 nitrogen and oxygen atoms in total. The highest BCUT2D eigenvalue weighted by Crippen LogP contribution is 2.26. The summed E-state index contributed by atoms with van der Waals surface area (Å²) in [5.41, 5.74) is 2.17. The molecule has 0 bridgehead atoms. The summed E-state index contributed by atoms with van der Waals surface area (Å²) in [7, 11) is 0. The van der Waals surface area contributed by atoms with Gasteiger partial charge in [-0.1, -0.05) is 48.0 Å². The normalized spacial score (nSPS) is 10.7. The third-order valence-corrected chi connectivity index (χ3v) is 3.03. The predicted molar refractivity (Wildman–Crippen MR) is 78.0 cm³/mol. The topological polar surface area (TPSA) is 54.4 Å². The van der Waals surface area contributed by atoms with Gasteiger partial charge in [0.15, 0.2) is 5.78 Å². The second-order valence-corrected chi connectivity index (χ2v) is 4.50. The zero-order valence-electron chi connectivity index (χ0n) is 10.4. The molecular formula is C16H11ClO3. The number of carboxylic acids is 1. The molecule has 1 N–H and O–H groups in total. The third kappa shape index (κ3) is 3.33. The Bertz CT molecular complexity index is 675. The van der Waals surface area contributed by atoms with Crippen molar-refractivity contribution in [3.05, 3.63) is 71.3 Å². The first-order chi connectivity index (χ1) is 9.58. The van der Waals surface area contributed by atoms with E-state index in [1.54, 1.807) is 18.2 Å². The summed E-state index contributed by atoms with van der Waals surface area (Å²) in [5, 5.41) is 8.80. The van der Waals surface area contributed by atoms with Gasteiger partial charge in [-0.15, -0.1) is 0 Å². The van der Waals surface area contributed by atoms with Gasteiger partial charge in [-0.05, 0) is 29.3 Å². The van der Waals surface area contributed by atoms with Gasteiger partial charge in [0.05, 0.1) is 5.02 Å². The average Bonchev–Trinajstić information content (AvgIpc) is 2.45. The zero-order chi connectivity index (χ0) is 14.5. The molecule has 2 aromatic carbocycles. The molecule has 0 spiro atoms. The van der Waals surface area contributed by atoms with Crippen molar-refractivity contribution in [2.75, 3.05) is 0 Å². The van der Waals surface area contributed by atoms with Crippen molar-refractivity contribution in [3.63, 3.8) is 0 Å². The summed E-state index contributed by atoms with van der Waals surface area (Å²) >= 11 is 6.09. The second kappa shape index (κ2) is 6.17. The molecule has 0 saturated heterocycles. The van der Waals surface area contributed by atoms with E-state index in [9.17, 15) is 9.59 Å². The summed E-state index contributed by atoms with van der Waals surface area (Å²) in [6, 6.07) is 14.7. The molecule has 2 aromatic rings. The molecule has 0 amide bonds. The Hall–Kier alpha value is -2.39. The molecule has 0 radical (unpaired) electrons. The lowest BCUT2D eigenvalue weighted by Crippen LogP contribution is -1.98. The number of ketones is 1. The Morgan fingerprint density at radius 1 is 0.950 bits per heavy atom. The summed E-state index contributed by atoms with van der Waals surface area (Å²) in [4.78, 5) is 22.2. The van der Waals surface area contributed by atoms with Crippen LogP contribution in [-0.2, 0) is 4.79 Å². The molecule has 0 aliphatic rings. The summed E-state index contributed by atoms with van der Waals surface area (Å²) in [5.74, 6) is -1.60. The molecule has 0 aliphatic carbocycles. The van der Waals surface area contributed by atoms with Crippen LogP contribution in [0.25, 0.3) is 11.1 Å². The number of carbonyl (C=O) groups excluding carboxylic acids is 1. The summed E-state index contributed by atoms with van der Waals surface area (Å²) in [6.45, 7) is 0. The van der Waals surface area contributed by atoms with Gasteiger partial charge in [0.1, 0.15) is 0 Å². The minimum Gasteiger partial charge on any atom is -0.478 e. The van der Waals surface area contributed by atoms with Gasteiger partial charge >= 0.3 is 5.97 Å². The number of benzene rings is 2. The first-order valence-corrected chi connectivity index (χ1v) is 6.26. The second-order valence-electron chi connectivity index (χ2n) is 4.10. The van der Waals surface area contributed by atoms with E-state index < -0.39 is 11.8 Å². The van der Waals surface area contributed by atoms with Crippen molar-refractivity contribution in [1.82, 2.24) is 0 Å². The maximum absolute atomic E-state index is 11.8. The minimum atomic E-state index is -1.17. The van der Waals surface area contributed by atoms with Gasteiger partial charge in [-0.3, -0.25) is 4.79 Å². The number of rotatable bonds is 4. The zero-order valence-corrected chi connectivity index (χ0v) is 11.2. The molecule has 0 heterocycles. The highest BCUT2D eigenvalue weighted by molar-refractivity contribution is 6.35. The van der Waals surface area contributed by atoms with Gasteiger partial charge in [-0.25, -0.2) is 4.79 Å². The highest BCUT2D eigenvalue weighted by atomic mass is 35.5. The predicted octanol–water partition coefficient (Wildman–Crippen LogP) is 3.83. The van der Waals surface area contributed by atoms with E-state index in [4.69, 9.17) is 16.7 Å². The number of carbonyl (C=O) groups is 2. The van der Waals surface area contributed by atoms with Crippen LogP contribution in [-0.4, -0.2) is 16.9 Å². The number of carboxylic acid groups (broad SMARTS) is 1. The molecule has 0 fully saturated rings. The van der Waals surface area contributed by atoms with Crippen molar-refractivity contribution in [1.29, 1.82) is 0 Å². The van der Waals surface area contributed by atoms with Crippen LogP contribution in [0.1, 0.15) is 10.4 Å². The van der Waals surface area contributed by atoms with Gasteiger partial charge in [0.2, 0.25) is 0 Å². The van der Waals surface area contributed by atoms with Gasteiger partial charge < -0.3 is 5.11 Å². The number of hydrogen-bond acceptors (Lipinski definition) is 2. The average molecular weight is 287 g/mol. The smallest absolute Gasteiger partial charge is 0.328 e. The van der Waals surface area contributed by atoms with E-state index in [1.165, 1.54) is 0 Å². The van der Waals surface area contributed by atoms with Crippen molar-refractivity contribution in [2.24, 2.45) is 0 Å². The van der Waals surface area contributed by atoms with Crippen LogP contribution in [0.15, 0.2) is 60.7 Å². The number of hydrogen-bond donors (Lipinski definition) is 1. The summed E-state index contributed by atoms with van der Waals surface area (Å²) in [6.07, 6.45) is 1.79. The molecule has 0 aliphatic heterocycles. The molecule has 20 heavy (non-hydrogen) atoms. The fourth-order valence-electron chi connectivity index (χ4n) is 1.76. The van der Waals surface area contributed by atoms with Crippen LogP contribution in [0.4, 0.5) is 0 Å². The standard InChI is InChI=1S/C16H11ClO3/c17-14-10-12(11-4-2-1-3-5-11)6-7-13(14)15(18)8-9-16(19)20/h1-10H,(H,19,20). The van der Waals surface area contributed by atoms with Crippen molar-refractivity contribution in [2.45, 2.75) is 0 Å². The van der Waals surface area contributed by atoms with E-state index in [0.29, 0.717) is 5.02 Å². The molecule has 0 unspecified atom stereocenters. The Morgan fingerprint density at radius 2 is 1.65 bits per heavy atom. The monoisotopic (exact) mass is 286 g/mol. The lowest BCUT2D eigenvalue weighted by atomic mass is 10.0. The quantitative estimate of drug-likeness (QED) is 0.686.